The van der Waals surface area contributed by atoms with E-state index in [9.17, 15) is 4.79 Å². The van der Waals surface area contributed by atoms with Crippen molar-refractivity contribution in [2.75, 3.05) is 13.7 Å². The van der Waals surface area contributed by atoms with Gasteiger partial charge in [-0.25, -0.2) is 0 Å². The lowest BCUT2D eigenvalue weighted by Crippen LogP contribution is -2.42. The topological polar surface area (TPSA) is 56.8 Å². The van der Waals surface area contributed by atoms with Crippen LogP contribution in [0.4, 0.5) is 0 Å². The fourth-order valence-corrected chi connectivity index (χ4v) is 3.16. The third-order valence-corrected chi connectivity index (χ3v) is 4.39. The number of fused-ring (bicyclic) bond motifs is 1. The van der Waals surface area contributed by atoms with E-state index in [-0.39, 0.29) is 24.2 Å². The monoisotopic (exact) mass is 355 g/mol. The highest BCUT2D eigenvalue weighted by molar-refractivity contribution is 5.78. The van der Waals surface area contributed by atoms with E-state index in [2.05, 4.69) is 11.4 Å². The Balaban J connectivity index is 1.65. The lowest BCUT2D eigenvalue weighted by Gasteiger charge is -2.38. The summed E-state index contributed by atoms with van der Waals surface area (Å²) in [5.41, 5.74) is 1.82. The Morgan fingerprint density at radius 3 is 2.58 bits per heavy atom. The second kappa shape index (κ2) is 7.28. The molecule has 0 saturated carbocycles. The second-order valence-corrected chi connectivity index (χ2v) is 7.19. The van der Waals surface area contributed by atoms with Gasteiger partial charge in [-0.3, -0.25) is 4.79 Å². The first-order chi connectivity index (χ1) is 12.4. The SMILES string of the molecule is COc1ccc(OCC(=O)N[C@@H]2CC(C)(C)Oc3ccc(C)cc32)cc1. The zero-order valence-corrected chi connectivity index (χ0v) is 15.7. The van der Waals surface area contributed by atoms with Crippen molar-refractivity contribution in [2.24, 2.45) is 0 Å². The van der Waals surface area contributed by atoms with Crippen LogP contribution in [0.5, 0.6) is 17.2 Å². The van der Waals surface area contributed by atoms with Crippen molar-refractivity contribution in [1.82, 2.24) is 5.32 Å². The Morgan fingerprint density at radius 1 is 1.19 bits per heavy atom. The number of aryl methyl sites for hydroxylation is 1. The molecule has 0 unspecified atom stereocenters. The average Bonchev–Trinajstić information content (AvgIpc) is 2.60. The first-order valence-corrected chi connectivity index (χ1v) is 8.72. The molecule has 138 valence electrons. The average molecular weight is 355 g/mol. The van der Waals surface area contributed by atoms with Crippen molar-refractivity contribution in [3.05, 3.63) is 53.6 Å². The third kappa shape index (κ3) is 4.28. The molecule has 1 aliphatic rings. The molecule has 0 fully saturated rings. The summed E-state index contributed by atoms with van der Waals surface area (Å²) >= 11 is 0. The molecule has 26 heavy (non-hydrogen) atoms. The van der Waals surface area contributed by atoms with Gasteiger partial charge in [-0.05, 0) is 51.1 Å². The molecule has 1 aliphatic heterocycles. The van der Waals surface area contributed by atoms with Gasteiger partial charge in [0, 0.05) is 12.0 Å². The molecular formula is C21H25NO4. The van der Waals surface area contributed by atoms with Crippen LogP contribution in [0.1, 0.15) is 37.4 Å². The fourth-order valence-electron chi connectivity index (χ4n) is 3.16. The van der Waals surface area contributed by atoms with Gasteiger partial charge in [-0.1, -0.05) is 17.7 Å². The van der Waals surface area contributed by atoms with Gasteiger partial charge in [0.1, 0.15) is 22.8 Å². The van der Waals surface area contributed by atoms with Crippen LogP contribution in [-0.4, -0.2) is 25.2 Å². The van der Waals surface area contributed by atoms with Gasteiger partial charge in [-0.15, -0.1) is 0 Å². The lowest BCUT2D eigenvalue weighted by molar-refractivity contribution is -0.124. The van der Waals surface area contributed by atoms with Crippen molar-refractivity contribution in [2.45, 2.75) is 38.8 Å². The quantitative estimate of drug-likeness (QED) is 0.886. The predicted molar refractivity (Wildman–Crippen MR) is 99.9 cm³/mol. The van der Waals surface area contributed by atoms with E-state index in [0.717, 1.165) is 22.6 Å². The van der Waals surface area contributed by atoms with Gasteiger partial charge in [-0.2, -0.15) is 0 Å². The molecule has 5 heteroatoms. The van der Waals surface area contributed by atoms with Gasteiger partial charge in [0.2, 0.25) is 0 Å². The summed E-state index contributed by atoms with van der Waals surface area (Å²) in [7, 11) is 1.61. The number of carbonyl (C=O) groups is 1. The van der Waals surface area contributed by atoms with Crippen LogP contribution in [0, 0.1) is 6.92 Å². The molecule has 2 aromatic carbocycles. The van der Waals surface area contributed by atoms with E-state index >= 15 is 0 Å². The van der Waals surface area contributed by atoms with Crippen molar-refractivity contribution >= 4 is 5.91 Å². The van der Waals surface area contributed by atoms with E-state index in [0.29, 0.717) is 12.2 Å². The van der Waals surface area contributed by atoms with E-state index in [4.69, 9.17) is 14.2 Å². The highest BCUT2D eigenvalue weighted by Gasteiger charge is 2.34. The molecule has 3 rings (SSSR count). The number of hydrogen-bond acceptors (Lipinski definition) is 4. The van der Waals surface area contributed by atoms with Gasteiger partial charge < -0.3 is 19.5 Å². The number of hydrogen-bond donors (Lipinski definition) is 1. The van der Waals surface area contributed by atoms with Gasteiger partial charge in [0.25, 0.3) is 5.91 Å². The first kappa shape index (κ1) is 18.1. The minimum absolute atomic E-state index is 0.0364. The summed E-state index contributed by atoms with van der Waals surface area (Å²) in [5, 5.41) is 3.08. The molecule has 2 aromatic rings. The zero-order valence-electron chi connectivity index (χ0n) is 15.7. The molecular weight excluding hydrogens is 330 g/mol. The van der Waals surface area contributed by atoms with Crippen LogP contribution in [0.15, 0.2) is 42.5 Å². The normalized spacial score (nSPS) is 17.6. The predicted octanol–water partition coefficient (Wildman–Crippen LogP) is 3.80. The Labute approximate surface area is 154 Å². The van der Waals surface area contributed by atoms with E-state index in [1.807, 2.05) is 32.9 Å². The molecule has 0 spiro atoms. The van der Waals surface area contributed by atoms with Crippen LogP contribution in [0.2, 0.25) is 0 Å². The Kier molecular flexibility index (Phi) is 5.07. The Bertz CT molecular complexity index is 783. The summed E-state index contributed by atoms with van der Waals surface area (Å²) in [6.45, 7) is 6.06. The van der Waals surface area contributed by atoms with E-state index in [1.54, 1.807) is 31.4 Å². The molecule has 1 N–H and O–H groups in total. The second-order valence-electron chi connectivity index (χ2n) is 7.19. The largest absolute Gasteiger partial charge is 0.497 e. The summed E-state index contributed by atoms with van der Waals surface area (Å²) in [6.07, 6.45) is 0.706. The van der Waals surface area contributed by atoms with Crippen LogP contribution < -0.4 is 19.5 Å². The van der Waals surface area contributed by atoms with Crippen LogP contribution in [-0.2, 0) is 4.79 Å². The number of amides is 1. The minimum atomic E-state index is -0.336. The molecule has 5 nitrogen and oxygen atoms in total. The lowest BCUT2D eigenvalue weighted by atomic mass is 9.89. The van der Waals surface area contributed by atoms with E-state index in [1.165, 1.54) is 0 Å². The minimum Gasteiger partial charge on any atom is -0.497 e. The number of nitrogens with one attached hydrogen (secondary N) is 1. The maximum absolute atomic E-state index is 12.4. The number of rotatable bonds is 5. The molecule has 1 atom stereocenters. The summed E-state index contributed by atoms with van der Waals surface area (Å²) < 4.78 is 16.7. The van der Waals surface area contributed by atoms with Crippen molar-refractivity contribution in [3.8, 4) is 17.2 Å². The standard InChI is InChI=1S/C21H25NO4/c1-14-5-10-19-17(11-14)18(12-21(2,3)26-19)22-20(23)13-25-16-8-6-15(24-4)7-9-16/h5-11,18H,12-13H2,1-4H3,(H,22,23)/t18-/m1/s1. The van der Waals surface area contributed by atoms with Crippen LogP contribution >= 0.6 is 0 Å². The Hall–Kier alpha value is -2.69. The van der Waals surface area contributed by atoms with Crippen LogP contribution in [0.25, 0.3) is 0 Å². The molecule has 0 saturated heterocycles. The third-order valence-electron chi connectivity index (χ3n) is 4.39. The summed E-state index contributed by atoms with van der Waals surface area (Å²) in [6, 6.07) is 13.1. The zero-order chi connectivity index (χ0) is 18.7. The summed E-state index contributed by atoms with van der Waals surface area (Å²) in [5.74, 6) is 2.05. The Morgan fingerprint density at radius 2 is 1.88 bits per heavy atom. The fraction of sp³-hybridized carbons (Fsp3) is 0.381. The molecule has 1 amide bonds. The van der Waals surface area contributed by atoms with Crippen molar-refractivity contribution < 1.29 is 19.0 Å². The number of carbonyl (C=O) groups excluding carboxylic acids is 1. The molecule has 0 bridgehead atoms. The molecule has 0 aliphatic carbocycles. The number of methoxy groups -OCH3 is 1. The van der Waals surface area contributed by atoms with Gasteiger partial charge >= 0.3 is 0 Å². The number of ether oxygens (including phenoxy) is 3. The number of benzene rings is 2. The van der Waals surface area contributed by atoms with Gasteiger partial charge in [0.05, 0.1) is 13.2 Å². The summed E-state index contributed by atoms with van der Waals surface area (Å²) in [4.78, 5) is 12.4. The maximum Gasteiger partial charge on any atom is 0.258 e. The van der Waals surface area contributed by atoms with Crippen molar-refractivity contribution in [3.63, 3.8) is 0 Å². The van der Waals surface area contributed by atoms with E-state index < -0.39 is 0 Å². The highest BCUT2D eigenvalue weighted by atomic mass is 16.5. The smallest absolute Gasteiger partial charge is 0.258 e. The maximum atomic E-state index is 12.4. The highest BCUT2D eigenvalue weighted by Crippen LogP contribution is 2.39. The molecule has 0 aromatic heterocycles. The van der Waals surface area contributed by atoms with Gasteiger partial charge in [0.15, 0.2) is 6.61 Å². The van der Waals surface area contributed by atoms with Crippen LogP contribution in [0.3, 0.4) is 0 Å². The first-order valence-electron chi connectivity index (χ1n) is 8.72. The molecule has 0 radical (unpaired) electrons. The van der Waals surface area contributed by atoms with Crippen molar-refractivity contribution in [1.29, 1.82) is 0 Å². The molecule has 1 heterocycles.